The predicted octanol–water partition coefficient (Wildman–Crippen LogP) is 7.22. The largest absolute Gasteiger partial charge is 0.488 e. The monoisotopic (exact) mass is 357 g/mol. The second-order valence-corrected chi connectivity index (χ2v) is 8.44. The van der Waals surface area contributed by atoms with Gasteiger partial charge in [0.05, 0.1) is 5.70 Å². The van der Waals surface area contributed by atoms with E-state index in [0.717, 1.165) is 31.4 Å². The van der Waals surface area contributed by atoms with E-state index in [1.54, 1.807) is 0 Å². The van der Waals surface area contributed by atoms with Crippen LogP contribution in [0.4, 0.5) is 0 Å². The van der Waals surface area contributed by atoms with Gasteiger partial charge in [-0.2, -0.15) is 0 Å². The van der Waals surface area contributed by atoms with Crippen LogP contribution in [0.3, 0.4) is 0 Å². The van der Waals surface area contributed by atoms with E-state index in [2.05, 4.69) is 51.6 Å². The number of hydrogen-bond donors (Lipinski definition) is 0. The van der Waals surface area contributed by atoms with E-state index in [1.807, 2.05) is 6.08 Å². The van der Waals surface area contributed by atoms with Crippen LogP contribution < -0.4 is 0 Å². The number of rotatable bonds is 7. The van der Waals surface area contributed by atoms with Gasteiger partial charge in [0, 0.05) is 6.42 Å². The summed E-state index contributed by atoms with van der Waals surface area (Å²) in [5.41, 5.74) is 2.73. The zero-order valence-electron chi connectivity index (χ0n) is 17.0. The molecule has 0 amide bonds. The topological polar surface area (TPSA) is 38.7 Å². The predicted molar refractivity (Wildman–Crippen MR) is 110 cm³/mol. The third-order valence-electron chi connectivity index (χ3n) is 5.91. The Kier molecular flexibility index (Phi) is 7.43. The molecule has 0 saturated carbocycles. The Bertz CT molecular complexity index is 610. The third-order valence-corrected chi connectivity index (χ3v) is 5.91. The van der Waals surface area contributed by atoms with Gasteiger partial charge < -0.3 is 4.74 Å². The van der Waals surface area contributed by atoms with Crippen LogP contribution in [-0.4, -0.2) is 5.60 Å². The molecule has 26 heavy (non-hydrogen) atoms. The van der Waals surface area contributed by atoms with Gasteiger partial charge in [0.2, 0.25) is 0 Å². The molecule has 3 heteroatoms. The molecule has 0 aromatic heterocycles. The average molecular weight is 358 g/mol. The molecule has 0 N–H and O–H groups in total. The molecule has 0 saturated heterocycles. The van der Waals surface area contributed by atoms with E-state index in [1.165, 1.54) is 30.4 Å². The lowest BCUT2D eigenvalue weighted by Gasteiger charge is -2.38. The Hall–Kier alpha value is -1.64. The zero-order valence-corrected chi connectivity index (χ0v) is 17.0. The minimum Gasteiger partial charge on any atom is -0.488 e. The number of nitrogens with zero attached hydrogens (tertiary/aromatic N) is 1. The maximum atomic E-state index is 11.4. The number of hydrogen-bond acceptors (Lipinski definition) is 3. The van der Waals surface area contributed by atoms with Crippen LogP contribution in [0, 0.1) is 16.7 Å². The Balaban J connectivity index is 2.34. The summed E-state index contributed by atoms with van der Waals surface area (Å²) < 4.78 is 6.51. The minimum atomic E-state index is -0.245. The Morgan fingerprint density at radius 1 is 1.31 bits per heavy atom. The molecular weight excluding hydrogens is 322 g/mol. The van der Waals surface area contributed by atoms with Crippen molar-refractivity contribution in [2.24, 2.45) is 17.0 Å². The molecule has 2 aliphatic rings. The summed E-state index contributed by atoms with van der Waals surface area (Å²) in [6.07, 6.45) is 14.5. The second-order valence-electron chi connectivity index (χ2n) is 8.44. The van der Waals surface area contributed by atoms with Gasteiger partial charge in [0.25, 0.3) is 0 Å². The summed E-state index contributed by atoms with van der Waals surface area (Å²) in [5, 5.41) is 3.30. The molecule has 0 aromatic rings. The van der Waals surface area contributed by atoms with Gasteiger partial charge in [-0.15, -0.1) is 11.5 Å². The van der Waals surface area contributed by atoms with Crippen LogP contribution in [0.25, 0.3) is 0 Å². The highest BCUT2D eigenvalue weighted by molar-refractivity contribution is 5.39. The van der Waals surface area contributed by atoms with E-state index in [4.69, 9.17) is 4.74 Å². The number of ether oxygens (including phenoxy) is 1. The first-order valence-corrected chi connectivity index (χ1v) is 10.2. The van der Waals surface area contributed by atoms with E-state index >= 15 is 0 Å². The molecule has 0 aromatic carbocycles. The fourth-order valence-corrected chi connectivity index (χ4v) is 3.82. The summed E-state index contributed by atoms with van der Waals surface area (Å²) in [6, 6.07) is 0. The van der Waals surface area contributed by atoms with Crippen molar-refractivity contribution in [3.63, 3.8) is 0 Å². The standard InChI is InChI=1S/C23H35NO2/c1-6-8-9-10-11-19-14-21(24-25)16-20-13-18(7-2)12-17(3)23(4,5)26-22(20)15-19/h7,14-15,17-18H,2,6,8-13,16H2,1,3-5H3/t17-,18?/m1/s1. The van der Waals surface area contributed by atoms with Gasteiger partial charge in [-0.25, -0.2) is 0 Å². The van der Waals surface area contributed by atoms with E-state index in [9.17, 15) is 4.91 Å². The van der Waals surface area contributed by atoms with Gasteiger partial charge >= 0.3 is 0 Å². The summed E-state index contributed by atoms with van der Waals surface area (Å²) in [6.45, 7) is 12.8. The fraction of sp³-hybridized carbons (Fsp3) is 0.652. The highest BCUT2D eigenvalue weighted by atomic mass is 16.5. The Morgan fingerprint density at radius 2 is 2.08 bits per heavy atom. The first-order valence-electron chi connectivity index (χ1n) is 10.2. The molecule has 1 heterocycles. The van der Waals surface area contributed by atoms with Crippen LogP contribution in [0.5, 0.6) is 0 Å². The second kappa shape index (κ2) is 9.34. The van der Waals surface area contributed by atoms with Crippen molar-refractivity contribution in [3.8, 4) is 0 Å². The molecule has 1 aliphatic carbocycles. The summed E-state index contributed by atoms with van der Waals surface area (Å²) >= 11 is 0. The van der Waals surface area contributed by atoms with Crippen LogP contribution in [0.2, 0.25) is 0 Å². The molecule has 0 spiro atoms. The lowest BCUT2D eigenvalue weighted by Crippen LogP contribution is -2.35. The highest BCUT2D eigenvalue weighted by Gasteiger charge is 2.34. The van der Waals surface area contributed by atoms with Crippen molar-refractivity contribution in [2.45, 2.75) is 84.7 Å². The smallest absolute Gasteiger partial charge is 0.120 e. The number of unbranched alkanes of at least 4 members (excludes halogenated alkanes) is 3. The molecule has 2 rings (SSSR count). The molecule has 2 atom stereocenters. The van der Waals surface area contributed by atoms with Crippen LogP contribution in [-0.2, 0) is 4.74 Å². The number of nitroso groups, excluding NO2 is 1. The molecule has 0 fully saturated rings. The molecule has 0 bridgehead atoms. The fourth-order valence-electron chi connectivity index (χ4n) is 3.82. The van der Waals surface area contributed by atoms with Crippen LogP contribution >= 0.6 is 0 Å². The summed E-state index contributed by atoms with van der Waals surface area (Å²) in [5.74, 6) is 1.79. The van der Waals surface area contributed by atoms with Crippen molar-refractivity contribution < 1.29 is 4.74 Å². The Labute approximate surface area is 159 Å². The summed E-state index contributed by atoms with van der Waals surface area (Å²) in [4.78, 5) is 11.4. The first-order chi connectivity index (χ1) is 12.4. The molecule has 1 unspecified atom stereocenters. The first kappa shape index (κ1) is 20.7. The van der Waals surface area contributed by atoms with Crippen molar-refractivity contribution in [1.29, 1.82) is 0 Å². The normalized spacial score (nSPS) is 25.7. The maximum absolute atomic E-state index is 11.4. The molecular formula is C23H35NO2. The third kappa shape index (κ3) is 5.43. The van der Waals surface area contributed by atoms with Crippen LogP contribution in [0.1, 0.15) is 79.1 Å². The van der Waals surface area contributed by atoms with Crippen molar-refractivity contribution in [1.82, 2.24) is 0 Å². The van der Waals surface area contributed by atoms with Gasteiger partial charge in [0.15, 0.2) is 0 Å². The molecule has 144 valence electrons. The maximum Gasteiger partial charge on any atom is 0.120 e. The van der Waals surface area contributed by atoms with E-state index < -0.39 is 0 Å². The lowest BCUT2D eigenvalue weighted by atomic mass is 9.80. The Morgan fingerprint density at radius 3 is 2.73 bits per heavy atom. The van der Waals surface area contributed by atoms with Crippen LogP contribution in [0.15, 0.2) is 52.6 Å². The van der Waals surface area contributed by atoms with Crippen molar-refractivity contribution >= 4 is 0 Å². The van der Waals surface area contributed by atoms with E-state index in [-0.39, 0.29) is 5.60 Å². The van der Waals surface area contributed by atoms with Gasteiger partial charge in [0.1, 0.15) is 11.4 Å². The molecule has 1 aliphatic heterocycles. The molecule has 0 radical (unpaired) electrons. The average Bonchev–Trinajstić information content (AvgIpc) is 2.76. The quantitative estimate of drug-likeness (QED) is 0.274. The molecule has 3 nitrogen and oxygen atoms in total. The van der Waals surface area contributed by atoms with Crippen molar-refractivity contribution in [3.05, 3.63) is 52.3 Å². The lowest BCUT2D eigenvalue weighted by molar-refractivity contribution is -0.0180. The van der Waals surface area contributed by atoms with Crippen molar-refractivity contribution in [2.75, 3.05) is 0 Å². The SMILES string of the molecule is C=CC1CC2=C(C=C(CCCCCC)C=C(N=O)C2)OC(C)(C)[C@H](C)C1. The zero-order chi connectivity index (χ0) is 19.2. The minimum absolute atomic E-state index is 0.245. The van der Waals surface area contributed by atoms with Gasteiger partial charge in [-0.3, -0.25) is 0 Å². The van der Waals surface area contributed by atoms with E-state index in [0.29, 0.717) is 24.0 Å². The van der Waals surface area contributed by atoms with Gasteiger partial charge in [-0.05, 0) is 79.8 Å². The number of allylic oxidation sites excluding steroid dienone is 5. The highest BCUT2D eigenvalue weighted by Crippen LogP contribution is 2.40. The summed E-state index contributed by atoms with van der Waals surface area (Å²) in [7, 11) is 0. The van der Waals surface area contributed by atoms with Gasteiger partial charge in [-0.1, -0.05) is 39.2 Å².